The first-order chi connectivity index (χ1) is 11.3. The molecule has 0 aromatic heterocycles. The molecule has 0 heterocycles. The fourth-order valence-corrected chi connectivity index (χ4v) is 2.24. The fraction of sp³-hybridized carbons (Fsp3) is 0.278. The third kappa shape index (κ3) is 4.08. The van der Waals surface area contributed by atoms with Crippen LogP contribution in [0, 0.1) is 11.6 Å². The van der Waals surface area contributed by atoms with Crippen molar-refractivity contribution < 1.29 is 23.4 Å². The number of hydrogen-bond donors (Lipinski definition) is 2. The Bertz CT molecular complexity index is 715. The van der Waals surface area contributed by atoms with Gasteiger partial charge in [0.2, 0.25) is 0 Å². The van der Waals surface area contributed by atoms with Crippen LogP contribution < -0.4 is 10.1 Å². The molecule has 0 aliphatic carbocycles. The summed E-state index contributed by atoms with van der Waals surface area (Å²) in [6, 6.07) is 9.39. The zero-order valence-corrected chi connectivity index (χ0v) is 13.5. The SMILES string of the molecule is CCOc1c(F)cccc1C(=O)NCC(C)(O)c1ccc(F)cc1. The molecule has 2 N–H and O–H groups in total. The van der Waals surface area contributed by atoms with Crippen LogP contribution in [0.25, 0.3) is 0 Å². The molecule has 0 aliphatic rings. The molecule has 0 saturated heterocycles. The van der Waals surface area contributed by atoms with Crippen LogP contribution in [0.4, 0.5) is 8.78 Å². The summed E-state index contributed by atoms with van der Waals surface area (Å²) in [7, 11) is 0. The lowest BCUT2D eigenvalue weighted by molar-refractivity contribution is 0.0524. The molecule has 6 heteroatoms. The van der Waals surface area contributed by atoms with Crippen LogP contribution in [0.5, 0.6) is 5.75 Å². The standard InChI is InChI=1S/C18H19F2NO3/c1-3-24-16-14(5-4-6-15(16)20)17(22)21-11-18(2,23)12-7-9-13(19)10-8-12/h4-10,23H,3,11H2,1-2H3,(H,21,22). The molecular weight excluding hydrogens is 316 g/mol. The van der Waals surface area contributed by atoms with E-state index in [1.54, 1.807) is 6.92 Å². The third-order valence-corrected chi connectivity index (χ3v) is 3.56. The Hall–Kier alpha value is -2.47. The van der Waals surface area contributed by atoms with Gasteiger partial charge in [0.25, 0.3) is 5.91 Å². The Labute approximate surface area is 139 Å². The second-order valence-corrected chi connectivity index (χ2v) is 5.51. The number of carbonyl (C=O) groups is 1. The van der Waals surface area contributed by atoms with Crippen molar-refractivity contribution in [1.82, 2.24) is 5.32 Å². The van der Waals surface area contributed by atoms with E-state index in [4.69, 9.17) is 4.74 Å². The van der Waals surface area contributed by atoms with Crippen molar-refractivity contribution in [2.24, 2.45) is 0 Å². The molecule has 0 aliphatic heterocycles. The zero-order chi connectivity index (χ0) is 17.7. The van der Waals surface area contributed by atoms with Crippen molar-refractivity contribution in [3.05, 3.63) is 65.2 Å². The topological polar surface area (TPSA) is 58.6 Å². The Balaban J connectivity index is 2.13. The number of para-hydroxylation sites is 1. The van der Waals surface area contributed by atoms with Crippen LogP contribution in [-0.4, -0.2) is 24.2 Å². The lowest BCUT2D eigenvalue weighted by Gasteiger charge is -2.24. The third-order valence-electron chi connectivity index (χ3n) is 3.56. The molecule has 2 aromatic carbocycles. The van der Waals surface area contributed by atoms with Gasteiger partial charge >= 0.3 is 0 Å². The first-order valence-corrected chi connectivity index (χ1v) is 7.53. The molecule has 1 unspecified atom stereocenters. The maximum Gasteiger partial charge on any atom is 0.255 e. The maximum atomic E-state index is 13.8. The van der Waals surface area contributed by atoms with E-state index in [0.29, 0.717) is 5.56 Å². The van der Waals surface area contributed by atoms with Crippen LogP contribution in [0.2, 0.25) is 0 Å². The Morgan fingerprint density at radius 2 is 1.88 bits per heavy atom. The molecule has 0 saturated carbocycles. The summed E-state index contributed by atoms with van der Waals surface area (Å²) < 4.78 is 31.9. The summed E-state index contributed by atoms with van der Waals surface area (Å²) in [5.74, 6) is -1.74. The van der Waals surface area contributed by atoms with E-state index < -0.39 is 23.1 Å². The highest BCUT2D eigenvalue weighted by Gasteiger charge is 2.25. The van der Waals surface area contributed by atoms with Crippen LogP contribution >= 0.6 is 0 Å². The quantitative estimate of drug-likeness (QED) is 0.853. The van der Waals surface area contributed by atoms with E-state index in [-0.39, 0.29) is 24.5 Å². The second kappa shape index (κ2) is 7.40. The second-order valence-electron chi connectivity index (χ2n) is 5.51. The lowest BCUT2D eigenvalue weighted by atomic mass is 9.96. The van der Waals surface area contributed by atoms with Gasteiger partial charge in [0.1, 0.15) is 11.4 Å². The summed E-state index contributed by atoms with van der Waals surface area (Å²) in [5.41, 5.74) is -0.900. The van der Waals surface area contributed by atoms with Gasteiger partial charge in [-0.15, -0.1) is 0 Å². The number of halogens is 2. The molecule has 0 bridgehead atoms. The predicted octanol–water partition coefficient (Wildman–Crippen LogP) is 3.00. The van der Waals surface area contributed by atoms with Gasteiger partial charge in [-0.2, -0.15) is 0 Å². The molecule has 0 radical (unpaired) electrons. The maximum absolute atomic E-state index is 13.8. The predicted molar refractivity (Wildman–Crippen MR) is 85.9 cm³/mol. The number of aliphatic hydroxyl groups is 1. The summed E-state index contributed by atoms with van der Waals surface area (Å²) in [5, 5.41) is 13.0. The molecule has 2 rings (SSSR count). The van der Waals surface area contributed by atoms with Crippen molar-refractivity contribution in [2.45, 2.75) is 19.4 Å². The molecule has 24 heavy (non-hydrogen) atoms. The molecule has 1 atom stereocenters. The van der Waals surface area contributed by atoms with Gasteiger partial charge in [-0.3, -0.25) is 4.79 Å². The highest BCUT2D eigenvalue weighted by Crippen LogP contribution is 2.24. The molecule has 1 amide bonds. The Kier molecular flexibility index (Phi) is 5.51. The smallest absolute Gasteiger partial charge is 0.255 e. The monoisotopic (exact) mass is 335 g/mol. The molecule has 0 fully saturated rings. The first kappa shape index (κ1) is 17.9. The van der Waals surface area contributed by atoms with Crippen LogP contribution in [0.3, 0.4) is 0 Å². The van der Waals surface area contributed by atoms with Crippen molar-refractivity contribution >= 4 is 5.91 Å². The van der Waals surface area contributed by atoms with Crippen LogP contribution in [0.15, 0.2) is 42.5 Å². The summed E-state index contributed by atoms with van der Waals surface area (Å²) in [4.78, 5) is 12.3. The number of nitrogens with one attached hydrogen (secondary N) is 1. The number of benzene rings is 2. The molecule has 2 aromatic rings. The van der Waals surface area contributed by atoms with Gasteiger partial charge in [-0.05, 0) is 43.7 Å². The number of amides is 1. The zero-order valence-electron chi connectivity index (χ0n) is 13.5. The van der Waals surface area contributed by atoms with Crippen LogP contribution in [-0.2, 0) is 5.60 Å². The van der Waals surface area contributed by atoms with Crippen molar-refractivity contribution in [3.8, 4) is 5.75 Å². The summed E-state index contributed by atoms with van der Waals surface area (Å²) >= 11 is 0. The highest BCUT2D eigenvalue weighted by molar-refractivity contribution is 5.97. The minimum absolute atomic E-state index is 0.0479. The number of hydrogen-bond acceptors (Lipinski definition) is 3. The van der Waals surface area contributed by atoms with E-state index in [2.05, 4.69) is 5.32 Å². The fourth-order valence-electron chi connectivity index (χ4n) is 2.24. The van der Waals surface area contributed by atoms with Gasteiger partial charge < -0.3 is 15.2 Å². The van der Waals surface area contributed by atoms with Crippen LogP contribution in [0.1, 0.15) is 29.8 Å². The first-order valence-electron chi connectivity index (χ1n) is 7.53. The number of ether oxygens (including phenoxy) is 1. The van der Waals surface area contributed by atoms with E-state index in [1.807, 2.05) is 0 Å². The van der Waals surface area contributed by atoms with Gasteiger partial charge in [-0.25, -0.2) is 8.78 Å². The highest BCUT2D eigenvalue weighted by atomic mass is 19.1. The molecule has 4 nitrogen and oxygen atoms in total. The molecule has 0 spiro atoms. The van der Waals surface area contributed by atoms with Crippen molar-refractivity contribution in [3.63, 3.8) is 0 Å². The van der Waals surface area contributed by atoms with E-state index in [9.17, 15) is 18.7 Å². The lowest BCUT2D eigenvalue weighted by Crippen LogP contribution is -2.38. The Morgan fingerprint density at radius 1 is 1.21 bits per heavy atom. The average Bonchev–Trinajstić information content (AvgIpc) is 2.55. The minimum atomic E-state index is -1.40. The van der Waals surface area contributed by atoms with E-state index in [0.717, 1.165) is 0 Å². The van der Waals surface area contributed by atoms with Crippen molar-refractivity contribution in [2.75, 3.05) is 13.2 Å². The van der Waals surface area contributed by atoms with Gasteiger partial charge in [0.05, 0.1) is 18.7 Å². The normalized spacial score (nSPS) is 13.2. The number of rotatable bonds is 6. The van der Waals surface area contributed by atoms with Crippen molar-refractivity contribution in [1.29, 1.82) is 0 Å². The Morgan fingerprint density at radius 3 is 2.50 bits per heavy atom. The summed E-state index contributed by atoms with van der Waals surface area (Å²) in [6.07, 6.45) is 0. The van der Waals surface area contributed by atoms with Gasteiger partial charge in [-0.1, -0.05) is 18.2 Å². The van der Waals surface area contributed by atoms with E-state index in [1.165, 1.54) is 49.4 Å². The number of carbonyl (C=O) groups excluding carboxylic acids is 1. The largest absolute Gasteiger partial charge is 0.490 e. The molecular formula is C18H19F2NO3. The minimum Gasteiger partial charge on any atom is -0.490 e. The average molecular weight is 335 g/mol. The van der Waals surface area contributed by atoms with Gasteiger partial charge in [0, 0.05) is 0 Å². The van der Waals surface area contributed by atoms with Gasteiger partial charge in [0.15, 0.2) is 11.6 Å². The molecule has 128 valence electrons. The summed E-state index contributed by atoms with van der Waals surface area (Å²) in [6.45, 7) is 3.27. The van der Waals surface area contributed by atoms with E-state index >= 15 is 0 Å².